The number of hydrogen-bond donors (Lipinski definition) is 2. The Morgan fingerprint density at radius 2 is 2.14 bits per heavy atom. The van der Waals surface area contributed by atoms with E-state index in [4.69, 9.17) is 17.3 Å². The molecule has 0 spiro atoms. The summed E-state index contributed by atoms with van der Waals surface area (Å²) in [5.74, 6) is 0. The van der Waals surface area contributed by atoms with Crippen molar-refractivity contribution in [2.75, 3.05) is 6.54 Å². The molecule has 1 aromatic carbocycles. The molecule has 0 saturated carbocycles. The van der Waals surface area contributed by atoms with Gasteiger partial charge in [-0.3, -0.25) is 0 Å². The largest absolute Gasteiger partial charge is 0.328 e. The van der Waals surface area contributed by atoms with Crippen LogP contribution in [0, 0.1) is 0 Å². The number of rotatable bonds is 1. The third-order valence-electron chi connectivity index (χ3n) is 2.72. The molecule has 1 aliphatic heterocycles. The second-order valence-electron chi connectivity index (χ2n) is 3.81. The van der Waals surface area contributed by atoms with Gasteiger partial charge in [0.15, 0.2) is 0 Å². The topological polar surface area (TPSA) is 38.0 Å². The van der Waals surface area contributed by atoms with Crippen LogP contribution in [0.25, 0.3) is 0 Å². The highest BCUT2D eigenvalue weighted by molar-refractivity contribution is 6.31. The highest BCUT2D eigenvalue weighted by Gasteiger charge is 2.21. The SMILES string of the molecule is NC1CCNC(c2ccccc2Cl)C1. The van der Waals surface area contributed by atoms with Crippen LogP contribution in [0.5, 0.6) is 0 Å². The third kappa shape index (κ3) is 2.08. The quantitative estimate of drug-likeness (QED) is 0.745. The molecule has 1 aromatic rings. The molecule has 2 nitrogen and oxygen atoms in total. The molecule has 0 bridgehead atoms. The van der Waals surface area contributed by atoms with Gasteiger partial charge in [0.25, 0.3) is 0 Å². The Hall–Kier alpha value is -0.570. The highest BCUT2D eigenvalue weighted by Crippen LogP contribution is 2.27. The lowest BCUT2D eigenvalue weighted by atomic mass is 9.94. The smallest absolute Gasteiger partial charge is 0.0453 e. The van der Waals surface area contributed by atoms with E-state index in [1.54, 1.807) is 0 Å². The van der Waals surface area contributed by atoms with Crippen LogP contribution in [0.15, 0.2) is 24.3 Å². The minimum atomic E-state index is 0.303. The van der Waals surface area contributed by atoms with E-state index in [1.165, 1.54) is 5.56 Å². The van der Waals surface area contributed by atoms with Crippen LogP contribution in [-0.4, -0.2) is 12.6 Å². The van der Waals surface area contributed by atoms with E-state index in [0.717, 1.165) is 24.4 Å². The number of benzene rings is 1. The molecule has 0 radical (unpaired) electrons. The first-order valence-corrected chi connectivity index (χ1v) is 5.38. The van der Waals surface area contributed by atoms with E-state index in [0.29, 0.717) is 12.1 Å². The van der Waals surface area contributed by atoms with Gasteiger partial charge in [0.1, 0.15) is 0 Å². The Balaban J connectivity index is 2.18. The lowest BCUT2D eigenvalue weighted by Crippen LogP contribution is -2.38. The summed E-state index contributed by atoms with van der Waals surface area (Å²) in [4.78, 5) is 0. The first-order valence-electron chi connectivity index (χ1n) is 5.01. The molecular weight excluding hydrogens is 196 g/mol. The van der Waals surface area contributed by atoms with Gasteiger partial charge < -0.3 is 11.1 Å². The fraction of sp³-hybridized carbons (Fsp3) is 0.455. The van der Waals surface area contributed by atoms with Gasteiger partial charge in [0, 0.05) is 17.1 Å². The maximum absolute atomic E-state index is 6.12. The zero-order valence-corrected chi connectivity index (χ0v) is 8.80. The zero-order chi connectivity index (χ0) is 9.97. The molecule has 0 aliphatic carbocycles. The lowest BCUT2D eigenvalue weighted by molar-refractivity contribution is 0.369. The van der Waals surface area contributed by atoms with Crippen molar-refractivity contribution in [3.63, 3.8) is 0 Å². The van der Waals surface area contributed by atoms with Crippen molar-refractivity contribution in [3.05, 3.63) is 34.9 Å². The standard InChI is InChI=1S/C11H15ClN2/c12-10-4-2-1-3-9(10)11-7-8(13)5-6-14-11/h1-4,8,11,14H,5-7,13H2. The van der Waals surface area contributed by atoms with Crippen LogP contribution < -0.4 is 11.1 Å². The van der Waals surface area contributed by atoms with Crippen LogP contribution in [0.2, 0.25) is 5.02 Å². The van der Waals surface area contributed by atoms with Crippen molar-refractivity contribution in [1.82, 2.24) is 5.32 Å². The fourth-order valence-corrected chi connectivity index (χ4v) is 2.21. The summed E-state index contributed by atoms with van der Waals surface area (Å²) in [7, 11) is 0. The Labute approximate surface area is 89.4 Å². The lowest BCUT2D eigenvalue weighted by Gasteiger charge is -2.28. The number of hydrogen-bond acceptors (Lipinski definition) is 2. The summed E-state index contributed by atoms with van der Waals surface area (Å²) >= 11 is 6.12. The predicted octanol–water partition coefficient (Wildman–Crippen LogP) is 2.09. The molecule has 14 heavy (non-hydrogen) atoms. The van der Waals surface area contributed by atoms with E-state index < -0.39 is 0 Å². The molecule has 76 valence electrons. The monoisotopic (exact) mass is 210 g/mol. The second kappa shape index (κ2) is 4.30. The van der Waals surface area contributed by atoms with E-state index in [9.17, 15) is 0 Å². The van der Waals surface area contributed by atoms with E-state index in [1.807, 2.05) is 18.2 Å². The third-order valence-corrected chi connectivity index (χ3v) is 3.07. The van der Waals surface area contributed by atoms with Crippen LogP contribution in [0.1, 0.15) is 24.4 Å². The molecule has 1 aliphatic rings. The van der Waals surface area contributed by atoms with Crippen molar-refractivity contribution in [3.8, 4) is 0 Å². The van der Waals surface area contributed by atoms with Gasteiger partial charge in [-0.05, 0) is 31.0 Å². The minimum absolute atomic E-state index is 0.303. The van der Waals surface area contributed by atoms with Gasteiger partial charge >= 0.3 is 0 Å². The van der Waals surface area contributed by atoms with Crippen molar-refractivity contribution in [1.29, 1.82) is 0 Å². The summed E-state index contributed by atoms with van der Waals surface area (Å²) in [6, 6.07) is 8.60. The van der Waals surface area contributed by atoms with Crippen LogP contribution >= 0.6 is 11.6 Å². The summed E-state index contributed by atoms with van der Waals surface area (Å²) in [5, 5.41) is 4.27. The summed E-state index contributed by atoms with van der Waals surface area (Å²) < 4.78 is 0. The molecule has 3 N–H and O–H groups in total. The maximum atomic E-state index is 6.12. The highest BCUT2D eigenvalue weighted by atomic mass is 35.5. The Morgan fingerprint density at radius 3 is 2.86 bits per heavy atom. The number of piperidine rings is 1. The average molecular weight is 211 g/mol. The maximum Gasteiger partial charge on any atom is 0.0453 e. The Bertz CT molecular complexity index is 314. The molecular formula is C11H15ClN2. The number of halogens is 1. The van der Waals surface area contributed by atoms with E-state index in [2.05, 4.69) is 11.4 Å². The van der Waals surface area contributed by atoms with Crippen molar-refractivity contribution < 1.29 is 0 Å². The molecule has 3 heteroatoms. The zero-order valence-electron chi connectivity index (χ0n) is 8.04. The summed E-state index contributed by atoms with van der Waals surface area (Å²) in [6.45, 7) is 0.983. The molecule has 0 aromatic heterocycles. The van der Waals surface area contributed by atoms with Gasteiger partial charge in [-0.25, -0.2) is 0 Å². The predicted molar refractivity (Wildman–Crippen MR) is 59.4 cm³/mol. The number of nitrogens with one attached hydrogen (secondary N) is 1. The van der Waals surface area contributed by atoms with Gasteiger partial charge in [0.2, 0.25) is 0 Å². The molecule has 2 unspecified atom stereocenters. The fourth-order valence-electron chi connectivity index (χ4n) is 1.94. The van der Waals surface area contributed by atoms with Gasteiger partial charge in [-0.1, -0.05) is 29.8 Å². The molecule has 1 fully saturated rings. The molecule has 0 amide bonds. The van der Waals surface area contributed by atoms with Crippen LogP contribution in [-0.2, 0) is 0 Å². The first-order chi connectivity index (χ1) is 6.77. The summed E-state index contributed by atoms with van der Waals surface area (Å²) in [6.07, 6.45) is 2.03. The summed E-state index contributed by atoms with van der Waals surface area (Å²) in [5.41, 5.74) is 7.10. The van der Waals surface area contributed by atoms with Crippen LogP contribution in [0.4, 0.5) is 0 Å². The second-order valence-corrected chi connectivity index (χ2v) is 4.22. The van der Waals surface area contributed by atoms with Gasteiger partial charge in [-0.15, -0.1) is 0 Å². The van der Waals surface area contributed by atoms with E-state index in [-0.39, 0.29) is 0 Å². The average Bonchev–Trinajstić information content (AvgIpc) is 2.18. The Morgan fingerprint density at radius 1 is 1.36 bits per heavy atom. The van der Waals surface area contributed by atoms with E-state index >= 15 is 0 Å². The van der Waals surface area contributed by atoms with Gasteiger partial charge in [-0.2, -0.15) is 0 Å². The van der Waals surface area contributed by atoms with Crippen molar-refractivity contribution >= 4 is 11.6 Å². The number of nitrogens with two attached hydrogens (primary N) is 1. The van der Waals surface area contributed by atoms with Crippen molar-refractivity contribution in [2.45, 2.75) is 24.9 Å². The molecule has 2 atom stereocenters. The Kier molecular flexibility index (Phi) is 3.06. The minimum Gasteiger partial charge on any atom is -0.328 e. The molecule has 1 heterocycles. The van der Waals surface area contributed by atoms with Crippen molar-refractivity contribution in [2.24, 2.45) is 5.73 Å². The molecule has 1 saturated heterocycles. The normalized spacial score (nSPS) is 27.6. The van der Waals surface area contributed by atoms with Crippen LogP contribution in [0.3, 0.4) is 0 Å². The first kappa shape index (κ1) is 9.97. The molecule has 2 rings (SSSR count). The van der Waals surface area contributed by atoms with Gasteiger partial charge in [0.05, 0.1) is 0 Å².